The number of hydrogen-bond donors (Lipinski definition) is 0. The summed E-state index contributed by atoms with van der Waals surface area (Å²) in [6, 6.07) is 0. The molecule has 4 heavy (non-hydrogen) atoms. The van der Waals surface area contributed by atoms with Crippen LogP contribution in [0.3, 0.4) is 0 Å². The average Bonchev–Trinajstić information content (AvgIpc) is 0. The van der Waals surface area contributed by atoms with E-state index in [1.54, 1.807) is 0 Å². The van der Waals surface area contributed by atoms with Gasteiger partial charge in [-0.1, -0.05) is 0 Å². The van der Waals surface area contributed by atoms with E-state index in [0.717, 1.165) is 0 Å². The maximum atomic E-state index is 0. The van der Waals surface area contributed by atoms with Crippen molar-refractivity contribution in [3.63, 3.8) is 0 Å². The van der Waals surface area contributed by atoms with Crippen LogP contribution in [-0.4, -0.2) is 0 Å². The van der Waals surface area contributed by atoms with Gasteiger partial charge in [-0.15, -0.1) is 0 Å². The van der Waals surface area contributed by atoms with Crippen LogP contribution in [0, 0.1) is 0 Å². The summed E-state index contributed by atoms with van der Waals surface area (Å²) in [5.74, 6) is 0. The molecule has 0 fully saturated rings. The zero-order valence-corrected chi connectivity index (χ0v) is 5.74. The van der Waals surface area contributed by atoms with Crippen LogP contribution in [0.25, 0.3) is 0 Å². The molecule has 0 unspecified atom stereocenters. The van der Waals surface area contributed by atoms with E-state index in [1.165, 1.54) is 0 Å². The van der Waals surface area contributed by atoms with Crippen molar-refractivity contribution in [3.8, 4) is 0 Å². The fourth-order valence-corrected chi connectivity index (χ4v) is 0. The number of rotatable bonds is 0. The summed E-state index contributed by atoms with van der Waals surface area (Å²) in [4.78, 5) is 0. The molecule has 0 nitrogen and oxygen atoms in total. The first-order chi connectivity index (χ1) is 0. The van der Waals surface area contributed by atoms with Crippen LogP contribution in [0.5, 0.6) is 0 Å². The van der Waals surface area contributed by atoms with E-state index in [0.29, 0.717) is 0 Å². The molecular weight excluding hydrogens is 144 g/mol. The Balaban J connectivity index is 0. The Kier molecular flexibility index (Phi) is 228. The van der Waals surface area contributed by atoms with Gasteiger partial charge in [0, 0.05) is 0 Å². The van der Waals surface area contributed by atoms with Crippen molar-refractivity contribution in [1.82, 2.24) is 0 Å². The van der Waals surface area contributed by atoms with Gasteiger partial charge >= 0.3 is 21.7 Å². The quantitative estimate of drug-likeness (QED) is 0.419. The first-order valence-corrected chi connectivity index (χ1v) is 0. The van der Waals surface area contributed by atoms with Crippen LogP contribution < -0.4 is 0 Å². The first-order valence-electron chi connectivity index (χ1n) is 0. The fraction of sp³-hybridized carbons (Fsp3) is 0. The molecule has 0 atom stereocenters. The monoisotopic (exact) mass is 144 g/mol. The molecule has 0 aliphatic carbocycles. The second-order valence-electron chi connectivity index (χ2n) is 0. The number of hydrogen-bond acceptors (Lipinski definition) is 0. The molecule has 4 heteroatoms. The van der Waals surface area contributed by atoms with Crippen molar-refractivity contribution < 1.29 is 21.7 Å². The summed E-state index contributed by atoms with van der Waals surface area (Å²) in [7, 11) is 0. The van der Waals surface area contributed by atoms with E-state index < -0.39 is 0 Å². The Morgan fingerprint density at radius 2 is 0.500 bits per heavy atom. The maximum Gasteiger partial charge on any atom is 4.00 e. The molecule has 0 spiro atoms. The molecule has 0 aromatic heterocycles. The summed E-state index contributed by atoms with van der Waals surface area (Å²) in [6.45, 7) is 0. The summed E-state index contributed by atoms with van der Waals surface area (Å²) in [5.41, 5.74) is 0. The van der Waals surface area contributed by atoms with Crippen molar-refractivity contribution in [2.45, 2.75) is 0 Å². The minimum atomic E-state index is 0. The molecule has 0 bridgehead atoms. The van der Waals surface area contributed by atoms with Gasteiger partial charge in [0.25, 0.3) is 0 Å². The molecular formula is S3Ti-2. The summed E-state index contributed by atoms with van der Waals surface area (Å²) < 4.78 is 0. The average molecular weight is 144 g/mol. The van der Waals surface area contributed by atoms with Crippen molar-refractivity contribution in [2.75, 3.05) is 0 Å². The molecule has 0 saturated carbocycles. The summed E-state index contributed by atoms with van der Waals surface area (Å²) in [5, 5.41) is 0. The second-order valence-corrected chi connectivity index (χ2v) is 0. The van der Waals surface area contributed by atoms with Gasteiger partial charge in [0.2, 0.25) is 0 Å². The third-order valence-electron chi connectivity index (χ3n) is 0. The molecule has 0 aromatic carbocycles. The predicted octanol–water partition coefficient (Wildman–Crippen LogP) is -0.00970. The Morgan fingerprint density at radius 3 is 0.500 bits per heavy atom. The maximum absolute atomic E-state index is 0. The van der Waals surface area contributed by atoms with E-state index >= 15 is 0 Å². The topological polar surface area (TPSA) is 0 Å². The smallest absolute Gasteiger partial charge is 2.00 e. The minimum absolute atomic E-state index is 0. The van der Waals surface area contributed by atoms with E-state index in [-0.39, 0.29) is 62.2 Å². The third kappa shape index (κ3) is 9.24. The minimum Gasteiger partial charge on any atom is -2.00 e. The molecule has 0 radical (unpaired) electrons. The Labute approximate surface area is 62.0 Å². The Bertz CT molecular complexity index is 3.25. The zero-order valence-electron chi connectivity index (χ0n) is 1.72. The van der Waals surface area contributed by atoms with Gasteiger partial charge in [-0.3, -0.25) is 0 Å². The zero-order chi connectivity index (χ0) is 0. The predicted molar refractivity (Wildman–Crippen MR) is 22.1 cm³/mol. The standard InChI is InChI=1S/3S.Ti/q3*-2;+4. The first kappa shape index (κ1) is 42.0. The van der Waals surface area contributed by atoms with Crippen molar-refractivity contribution in [1.29, 1.82) is 0 Å². The van der Waals surface area contributed by atoms with Crippen LogP contribution in [-0.2, 0) is 62.2 Å². The molecule has 0 N–H and O–H groups in total. The van der Waals surface area contributed by atoms with E-state index in [2.05, 4.69) is 0 Å². The van der Waals surface area contributed by atoms with Crippen LogP contribution in [0.4, 0.5) is 0 Å². The third-order valence-corrected chi connectivity index (χ3v) is 0. The van der Waals surface area contributed by atoms with Gasteiger partial charge in [0.05, 0.1) is 0 Å². The largest absolute Gasteiger partial charge is 4.00 e. The van der Waals surface area contributed by atoms with E-state index in [1.807, 2.05) is 0 Å². The molecule has 0 rings (SSSR count). The van der Waals surface area contributed by atoms with Gasteiger partial charge < -0.3 is 40.5 Å². The van der Waals surface area contributed by atoms with Gasteiger partial charge in [0.1, 0.15) is 0 Å². The van der Waals surface area contributed by atoms with Crippen LogP contribution in [0.1, 0.15) is 0 Å². The molecule has 0 saturated heterocycles. The summed E-state index contributed by atoms with van der Waals surface area (Å²) >= 11 is 0. The van der Waals surface area contributed by atoms with Gasteiger partial charge in [-0.2, -0.15) is 0 Å². The Hall–Kier alpha value is 1.76. The Morgan fingerprint density at radius 1 is 0.500 bits per heavy atom. The molecule has 24 valence electrons. The molecule has 0 heterocycles. The molecule has 0 amide bonds. The second kappa shape index (κ2) is 21.7. The fourth-order valence-electron chi connectivity index (χ4n) is 0. The van der Waals surface area contributed by atoms with E-state index in [9.17, 15) is 0 Å². The van der Waals surface area contributed by atoms with E-state index in [4.69, 9.17) is 0 Å². The van der Waals surface area contributed by atoms with Gasteiger partial charge in [-0.25, -0.2) is 0 Å². The van der Waals surface area contributed by atoms with Crippen LogP contribution in [0.15, 0.2) is 0 Å². The van der Waals surface area contributed by atoms with Gasteiger partial charge in [-0.05, 0) is 0 Å². The van der Waals surface area contributed by atoms with Crippen molar-refractivity contribution in [2.24, 2.45) is 0 Å². The van der Waals surface area contributed by atoms with Crippen molar-refractivity contribution in [3.05, 3.63) is 0 Å². The van der Waals surface area contributed by atoms with Gasteiger partial charge in [0.15, 0.2) is 0 Å². The van der Waals surface area contributed by atoms with Crippen LogP contribution in [0.2, 0.25) is 0 Å². The molecule has 0 aromatic rings. The summed E-state index contributed by atoms with van der Waals surface area (Å²) in [6.07, 6.45) is 0. The molecule has 0 aliphatic heterocycles. The van der Waals surface area contributed by atoms with Crippen LogP contribution >= 0.6 is 0 Å². The normalized spacial score (nSPS) is 0. The molecule has 0 aliphatic rings. The SMILES string of the molecule is [S-2].[S-2].[S-2].[Ti+4]. The van der Waals surface area contributed by atoms with Crippen molar-refractivity contribution >= 4 is 40.5 Å².